The SMILES string of the molecule is Cc1cccc(-c2cccc3c2[C@H]2CCNCC[C@@H]2N3)c1C. The van der Waals surface area contributed by atoms with E-state index in [9.17, 15) is 0 Å². The molecule has 2 aliphatic heterocycles. The van der Waals surface area contributed by atoms with Gasteiger partial charge in [-0.15, -0.1) is 0 Å². The van der Waals surface area contributed by atoms with E-state index in [-0.39, 0.29) is 0 Å². The van der Waals surface area contributed by atoms with Crippen molar-refractivity contribution in [2.45, 2.75) is 38.6 Å². The molecule has 0 radical (unpaired) electrons. The van der Waals surface area contributed by atoms with E-state index in [1.807, 2.05) is 0 Å². The van der Waals surface area contributed by atoms with Crippen LogP contribution in [0.25, 0.3) is 11.1 Å². The number of aryl methyl sites for hydroxylation is 1. The van der Waals surface area contributed by atoms with Crippen molar-refractivity contribution in [3.05, 3.63) is 53.1 Å². The van der Waals surface area contributed by atoms with Crippen molar-refractivity contribution in [1.29, 1.82) is 0 Å². The maximum Gasteiger partial charge on any atom is 0.0384 e. The molecule has 0 amide bonds. The van der Waals surface area contributed by atoms with Gasteiger partial charge in [0, 0.05) is 17.6 Å². The summed E-state index contributed by atoms with van der Waals surface area (Å²) < 4.78 is 0. The molecule has 2 aromatic rings. The third-order valence-corrected chi connectivity index (χ3v) is 5.46. The van der Waals surface area contributed by atoms with Crippen LogP contribution in [-0.4, -0.2) is 19.1 Å². The Balaban J connectivity index is 1.87. The van der Waals surface area contributed by atoms with E-state index < -0.39 is 0 Å². The number of benzene rings is 2. The highest BCUT2D eigenvalue weighted by Gasteiger charge is 2.34. The van der Waals surface area contributed by atoms with Crippen molar-refractivity contribution < 1.29 is 0 Å². The fourth-order valence-corrected chi connectivity index (χ4v) is 4.13. The molecule has 22 heavy (non-hydrogen) atoms. The van der Waals surface area contributed by atoms with Crippen molar-refractivity contribution in [3.8, 4) is 11.1 Å². The van der Waals surface area contributed by atoms with Crippen LogP contribution in [0.15, 0.2) is 36.4 Å². The first-order chi connectivity index (χ1) is 10.8. The number of anilines is 1. The summed E-state index contributed by atoms with van der Waals surface area (Å²) in [5, 5.41) is 7.33. The van der Waals surface area contributed by atoms with Crippen LogP contribution in [0.4, 0.5) is 5.69 Å². The molecule has 114 valence electrons. The van der Waals surface area contributed by atoms with Gasteiger partial charge < -0.3 is 10.6 Å². The monoisotopic (exact) mass is 292 g/mol. The predicted molar refractivity (Wildman–Crippen MR) is 93.6 cm³/mol. The minimum absolute atomic E-state index is 0.594. The van der Waals surface area contributed by atoms with E-state index in [1.165, 1.54) is 40.8 Å². The molecule has 2 aromatic carbocycles. The maximum absolute atomic E-state index is 3.78. The largest absolute Gasteiger partial charge is 0.381 e. The van der Waals surface area contributed by atoms with Crippen LogP contribution < -0.4 is 10.6 Å². The van der Waals surface area contributed by atoms with E-state index >= 15 is 0 Å². The minimum atomic E-state index is 0.594. The van der Waals surface area contributed by atoms with E-state index in [4.69, 9.17) is 0 Å². The minimum Gasteiger partial charge on any atom is -0.381 e. The normalized spacial score (nSPS) is 23.4. The van der Waals surface area contributed by atoms with Gasteiger partial charge in [-0.1, -0.05) is 30.3 Å². The second kappa shape index (κ2) is 5.44. The summed E-state index contributed by atoms with van der Waals surface area (Å²) in [6.45, 7) is 6.71. The summed E-state index contributed by atoms with van der Waals surface area (Å²) in [5.74, 6) is 0.640. The standard InChI is InChI=1S/C20H24N2/c1-13-5-3-6-15(14(13)2)16-7-4-8-19-20(16)17-9-11-21-12-10-18(17)22-19/h3-8,17-18,21-22H,9-12H2,1-2H3/t17-,18-/m0/s1. The predicted octanol–water partition coefficient (Wildman–Crippen LogP) is 4.23. The van der Waals surface area contributed by atoms with Crippen LogP contribution in [0, 0.1) is 13.8 Å². The molecule has 0 saturated carbocycles. The molecule has 2 aliphatic rings. The highest BCUT2D eigenvalue weighted by Crippen LogP contribution is 2.45. The molecule has 1 saturated heterocycles. The fourth-order valence-electron chi connectivity index (χ4n) is 4.13. The van der Waals surface area contributed by atoms with Gasteiger partial charge in [-0.25, -0.2) is 0 Å². The molecule has 0 spiro atoms. The molecular formula is C20H24N2. The van der Waals surface area contributed by atoms with Crippen LogP contribution in [-0.2, 0) is 0 Å². The van der Waals surface area contributed by atoms with Crippen LogP contribution >= 0.6 is 0 Å². The lowest BCUT2D eigenvalue weighted by Crippen LogP contribution is -2.21. The second-order valence-corrected chi connectivity index (χ2v) is 6.70. The van der Waals surface area contributed by atoms with Gasteiger partial charge >= 0.3 is 0 Å². The lowest BCUT2D eigenvalue weighted by Gasteiger charge is -2.19. The molecule has 2 atom stereocenters. The molecule has 0 unspecified atom stereocenters. The van der Waals surface area contributed by atoms with Gasteiger partial charge in [-0.3, -0.25) is 0 Å². The van der Waals surface area contributed by atoms with Crippen molar-refractivity contribution in [3.63, 3.8) is 0 Å². The average Bonchev–Trinajstić information content (AvgIpc) is 2.72. The van der Waals surface area contributed by atoms with Gasteiger partial charge in [-0.2, -0.15) is 0 Å². The Hall–Kier alpha value is -1.80. The van der Waals surface area contributed by atoms with Crippen molar-refractivity contribution >= 4 is 5.69 Å². The van der Waals surface area contributed by atoms with Gasteiger partial charge in [0.1, 0.15) is 0 Å². The Morgan fingerprint density at radius 1 is 0.909 bits per heavy atom. The highest BCUT2D eigenvalue weighted by molar-refractivity contribution is 5.79. The van der Waals surface area contributed by atoms with Crippen molar-refractivity contribution in [2.24, 2.45) is 0 Å². The van der Waals surface area contributed by atoms with Crippen LogP contribution in [0.3, 0.4) is 0 Å². The zero-order chi connectivity index (χ0) is 15.1. The van der Waals surface area contributed by atoms with Crippen molar-refractivity contribution in [2.75, 3.05) is 18.4 Å². The topological polar surface area (TPSA) is 24.1 Å². The Morgan fingerprint density at radius 2 is 1.68 bits per heavy atom. The fraction of sp³-hybridized carbons (Fsp3) is 0.400. The van der Waals surface area contributed by atoms with Gasteiger partial charge in [-0.05, 0) is 73.7 Å². The molecular weight excluding hydrogens is 268 g/mol. The smallest absolute Gasteiger partial charge is 0.0384 e. The lowest BCUT2D eigenvalue weighted by molar-refractivity contribution is 0.579. The Kier molecular flexibility index (Phi) is 3.42. The number of rotatable bonds is 1. The molecule has 0 aliphatic carbocycles. The Labute approximate surface area is 132 Å². The summed E-state index contributed by atoms with van der Waals surface area (Å²) in [4.78, 5) is 0. The molecule has 2 nitrogen and oxygen atoms in total. The zero-order valence-corrected chi connectivity index (χ0v) is 13.4. The molecule has 0 bridgehead atoms. The van der Waals surface area contributed by atoms with E-state index in [0.29, 0.717) is 12.0 Å². The summed E-state index contributed by atoms with van der Waals surface area (Å²) in [6, 6.07) is 14.0. The number of hydrogen-bond donors (Lipinski definition) is 2. The Bertz CT molecular complexity index is 705. The van der Waals surface area contributed by atoms with Gasteiger partial charge in [0.15, 0.2) is 0 Å². The first-order valence-corrected chi connectivity index (χ1v) is 8.42. The average molecular weight is 292 g/mol. The zero-order valence-electron chi connectivity index (χ0n) is 13.4. The summed E-state index contributed by atoms with van der Waals surface area (Å²) in [5.41, 5.74) is 8.52. The lowest BCUT2D eigenvalue weighted by atomic mass is 9.84. The van der Waals surface area contributed by atoms with E-state index in [0.717, 1.165) is 13.1 Å². The molecule has 2 heteroatoms. The first-order valence-electron chi connectivity index (χ1n) is 8.42. The Morgan fingerprint density at radius 3 is 2.59 bits per heavy atom. The number of nitrogens with one attached hydrogen (secondary N) is 2. The van der Waals surface area contributed by atoms with E-state index in [2.05, 4.69) is 60.9 Å². The molecule has 1 fully saturated rings. The van der Waals surface area contributed by atoms with Crippen LogP contribution in [0.5, 0.6) is 0 Å². The molecule has 4 rings (SSSR count). The quantitative estimate of drug-likeness (QED) is 0.822. The van der Waals surface area contributed by atoms with Gasteiger partial charge in [0.05, 0.1) is 0 Å². The van der Waals surface area contributed by atoms with Crippen LogP contribution in [0.1, 0.15) is 35.4 Å². The number of fused-ring (bicyclic) bond motifs is 3. The first kappa shape index (κ1) is 13.8. The molecule has 2 heterocycles. The third-order valence-electron chi connectivity index (χ3n) is 5.46. The number of hydrogen-bond acceptors (Lipinski definition) is 2. The third kappa shape index (κ3) is 2.14. The van der Waals surface area contributed by atoms with Gasteiger partial charge in [0.2, 0.25) is 0 Å². The summed E-state index contributed by atoms with van der Waals surface area (Å²) in [6.07, 6.45) is 2.44. The second-order valence-electron chi connectivity index (χ2n) is 6.70. The summed E-state index contributed by atoms with van der Waals surface area (Å²) in [7, 11) is 0. The van der Waals surface area contributed by atoms with Crippen molar-refractivity contribution in [1.82, 2.24) is 5.32 Å². The van der Waals surface area contributed by atoms with Gasteiger partial charge in [0.25, 0.3) is 0 Å². The van der Waals surface area contributed by atoms with Crippen LogP contribution in [0.2, 0.25) is 0 Å². The summed E-state index contributed by atoms with van der Waals surface area (Å²) >= 11 is 0. The highest BCUT2D eigenvalue weighted by atomic mass is 15.0. The molecule has 0 aromatic heterocycles. The molecule has 2 N–H and O–H groups in total. The maximum atomic E-state index is 3.78. The van der Waals surface area contributed by atoms with E-state index in [1.54, 1.807) is 5.56 Å².